The van der Waals surface area contributed by atoms with Crippen molar-refractivity contribution in [2.45, 2.75) is 77.4 Å². The van der Waals surface area contributed by atoms with E-state index in [1.165, 1.54) is 0 Å². The largest absolute Gasteiger partial charge is 0.481 e. The van der Waals surface area contributed by atoms with Crippen LogP contribution < -0.4 is 0 Å². The highest BCUT2D eigenvalue weighted by Gasteiger charge is 2.34. The van der Waals surface area contributed by atoms with Gasteiger partial charge in [0.2, 0.25) is 0 Å². The van der Waals surface area contributed by atoms with Crippen LogP contribution in [0.4, 0.5) is 0 Å². The van der Waals surface area contributed by atoms with Crippen LogP contribution in [0, 0.1) is 11.8 Å². The number of aromatic nitrogens is 1. The molecule has 3 rings (SSSR count). The monoisotopic (exact) mass is 407 g/mol. The smallest absolute Gasteiger partial charge is 0.303 e. The fraction of sp³-hybridized carbons (Fsp3) is 0.636. The molecule has 0 bridgehead atoms. The van der Waals surface area contributed by atoms with Crippen molar-refractivity contribution in [2.75, 3.05) is 0 Å². The van der Waals surface area contributed by atoms with E-state index in [1.807, 2.05) is 31.2 Å². The van der Waals surface area contributed by atoms with E-state index >= 15 is 0 Å². The summed E-state index contributed by atoms with van der Waals surface area (Å²) in [7, 11) is 0. The van der Waals surface area contributed by atoms with Crippen LogP contribution in [0.3, 0.4) is 0 Å². The Labute approximate surface area is 171 Å². The van der Waals surface area contributed by atoms with Gasteiger partial charge in [-0.15, -0.1) is 11.3 Å². The third kappa shape index (κ3) is 6.54. The van der Waals surface area contributed by atoms with Gasteiger partial charge in [-0.1, -0.05) is 32.4 Å². The first-order chi connectivity index (χ1) is 13.5. The molecule has 1 aromatic carbocycles. The third-order valence-corrected chi connectivity index (χ3v) is 6.56. The molecule has 1 aromatic heterocycles. The second kappa shape index (κ2) is 11.5. The Morgan fingerprint density at radius 3 is 2.57 bits per heavy atom. The quantitative estimate of drug-likeness (QED) is 0.562. The summed E-state index contributed by atoms with van der Waals surface area (Å²) in [6.45, 7) is 4.02. The SMILES string of the molecule is CCCC(=O)O.CCC[C@@H]1C(CCC(O)c2nc3ccccc3s2)CC[C@@H]1O. The molecular weight excluding hydrogens is 374 g/mol. The van der Waals surface area contributed by atoms with Gasteiger partial charge in [0.25, 0.3) is 0 Å². The van der Waals surface area contributed by atoms with Gasteiger partial charge in [0.15, 0.2) is 0 Å². The van der Waals surface area contributed by atoms with Crippen molar-refractivity contribution in [3.05, 3.63) is 29.3 Å². The third-order valence-electron chi connectivity index (χ3n) is 5.43. The van der Waals surface area contributed by atoms with Crippen LogP contribution in [0.5, 0.6) is 0 Å². The molecule has 0 amide bonds. The minimum Gasteiger partial charge on any atom is -0.481 e. The molecule has 1 heterocycles. The van der Waals surface area contributed by atoms with Crippen LogP contribution in [0.1, 0.15) is 76.3 Å². The number of nitrogens with zero attached hydrogens (tertiary/aromatic N) is 1. The first kappa shape index (κ1) is 22.8. The molecule has 0 radical (unpaired) electrons. The van der Waals surface area contributed by atoms with E-state index in [4.69, 9.17) is 5.11 Å². The molecular formula is C22H33NO4S. The number of aliphatic carboxylic acids is 1. The number of carbonyl (C=O) groups is 1. The number of para-hydroxylation sites is 1. The molecule has 2 aromatic rings. The summed E-state index contributed by atoms with van der Waals surface area (Å²) >= 11 is 1.59. The van der Waals surface area contributed by atoms with Crippen molar-refractivity contribution in [3.63, 3.8) is 0 Å². The van der Waals surface area contributed by atoms with Crippen LogP contribution in [0.15, 0.2) is 24.3 Å². The van der Waals surface area contributed by atoms with Gasteiger partial charge < -0.3 is 15.3 Å². The number of hydrogen-bond donors (Lipinski definition) is 3. The Bertz CT molecular complexity index is 699. The molecule has 1 saturated carbocycles. The lowest BCUT2D eigenvalue weighted by atomic mass is 9.86. The highest BCUT2D eigenvalue weighted by molar-refractivity contribution is 7.18. The van der Waals surface area contributed by atoms with Gasteiger partial charge in [-0.3, -0.25) is 4.79 Å². The molecule has 0 saturated heterocycles. The van der Waals surface area contributed by atoms with Gasteiger partial charge in [0, 0.05) is 6.42 Å². The molecule has 1 aliphatic rings. The Kier molecular flexibility index (Phi) is 9.35. The number of fused-ring (bicyclic) bond motifs is 1. The maximum absolute atomic E-state index is 10.4. The minimum absolute atomic E-state index is 0.135. The number of hydrogen-bond acceptors (Lipinski definition) is 5. The van der Waals surface area contributed by atoms with Crippen molar-refractivity contribution in [2.24, 2.45) is 11.8 Å². The molecule has 2 unspecified atom stereocenters. The molecule has 6 heteroatoms. The fourth-order valence-electron chi connectivity index (χ4n) is 3.99. The van der Waals surface area contributed by atoms with E-state index in [-0.39, 0.29) is 6.10 Å². The Morgan fingerprint density at radius 1 is 1.21 bits per heavy atom. The van der Waals surface area contributed by atoms with Crippen molar-refractivity contribution in [1.29, 1.82) is 0 Å². The van der Waals surface area contributed by atoms with Crippen molar-refractivity contribution >= 4 is 27.5 Å². The van der Waals surface area contributed by atoms with Crippen LogP contribution in [0.2, 0.25) is 0 Å². The first-order valence-corrected chi connectivity index (χ1v) is 11.2. The first-order valence-electron chi connectivity index (χ1n) is 10.4. The number of benzene rings is 1. The fourth-order valence-corrected chi connectivity index (χ4v) is 4.98. The van der Waals surface area contributed by atoms with Crippen LogP contribution >= 0.6 is 11.3 Å². The van der Waals surface area contributed by atoms with Gasteiger partial charge in [0.1, 0.15) is 11.1 Å². The standard InChI is InChI=1S/C18H25NO2S.C4H8O2/c1-2-5-13-12(8-10-15(13)20)9-11-16(21)18-19-14-6-3-4-7-17(14)22-18;1-2-3-4(5)6/h3-4,6-7,12-13,15-16,20-21H,2,5,8-11H2,1H3;2-3H2,1H3,(H,5,6)/t12?,13-,15+,16?;/m1./s1. The molecule has 156 valence electrons. The lowest BCUT2D eigenvalue weighted by Gasteiger charge is -2.22. The van der Waals surface area contributed by atoms with E-state index < -0.39 is 12.1 Å². The van der Waals surface area contributed by atoms with Crippen LogP contribution in [-0.2, 0) is 4.79 Å². The molecule has 1 fully saturated rings. The molecule has 0 aliphatic heterocycles. The number of carboxylic acids is 1. The van der Waals surface area contributed by atoms with Crippen molar-refractivity contribution in [3.8, 4) is 0 Å². The number of aliphatic hydroxyl groups is 2. The average molecular weight is 408 g/mol. The lowest BCUT2D eigenvalue weighted by Crippen LogP contribution is -2.19. The summed E-state index contributed by atoms with van der Waals surface area (Å²) in [5.41, 5.74) is 0.974. The highest BCUT2D eigenvalue weighted by Crippen LogP contribution is 2.39. The summed E-state index contributed by atoms with van der Waals surface area (Å²) in [5, 5.41) is 29.3. The van der Waals surface area contributed by atoms with Gasteiger partial charge in [0.05, 0.1) is 16.3 Å². The second-order valence-electron chi connectivity index (χ2n) is 7.61. The Morgan fingerprint density at radius 2 is 1.96 bits per heavy atom. The van der Waals surface area contributed by atoms with Gasteiger partial charge in [-0.05, 0) is 62.5 Å². The topological polar surface area (TPSA) is 90.7 Å². The number of carboxylic acid groups (broad SMARTS) is 1. The van der Waals surface area contributed by atoms with E-state index in [0.29, 0.717) is 18.3 Å². The maximum atomic E-state index is 10.4. The number of rotatable bonds is 8. The summed E-state index contributed by atoms with van der Waals surface area (Å²) in [4.78, 5) is 14.1. The zero-order chi connectivity index (χ0) is 20.5. The molecule has 4 atom stereocenters. The molecule has 28 heavy (non-hydrogen) atoms. The van der Waals surface area contributed by atoms with E-state index in [2.05, 4.69) is 11.9 Å². The molecule has 1 aliphatic carbocycles. The normalized spacial score (nSPS) is 22.6. The second-order valence-corrected chi connectivity index (χ2v) is 8.68. The van der Waals surface area contributed by atoms with E-state index in [1.54, 1.807) is 11.3 Å². The van der Waals surface area contributed by atoms with Crippen LogP contribution in [-0.4, -0.2) is 32.4 Å². The average Bonchev–Trinajstić information content (AvgIpc) is 3.25. The molecule has 5 nitrogen and oxygen atoms in total. The minimum atomic E-state index is -0.711. The lowest BCUT2D eigenvalue weighted by molar-refractivity contribution is -0.137. The highest BCUT2D eigenvalue weighted by atomic mass is 32.1. The number of aliphatic hydroxyl groups excluding tert-OH is 2. The van der Waals surface area contributed by atoms with Gasteiger partial charge in [-0.2, -0.15) is 0 Å². The van der Waals surface area contributed by atoms with Crippen molar-refractivity contribution in [1.82, 2.24) is 4.98 Å². The summed E-state index contributed by atoms with van der Waals surface area (Å²) in [5.74, 6) is 0.268. The molecule has 0 spiro atoms. The van der Waals surface area contributed by atoms with E-state index in [0.717, 1.165) is 60.2 Å². The van der Waals surface area contributed by atoms with Gasteiger partial charge in [-0.25, -0.2) is 4.98 Å². The summed E-state index contributed by atoms with van der Waals surface area (Å²) < 4.78 is 1.14. The number of thiazole rings is 1. The van der Waals surface area contributed by atoms with E-state index in [9.17, 15) is 15.0 Å². The predicted molar refractivity (Wildman–Crippen MR) is 113 cm³/mol. The zero-order valence-corrected chi connectivity index (χ0v) is 17.7. The van der Waals surface area contributed by atoms with Gasteiger partial charge >= 0.3 is 5.97 Å². The summed E-state index contributed by atoms with van der Waals surface area (Å²) in [6.07, 6.45) is 6.39. The van der Waals surface area contributed by atoms with Crippen LogP contribution in [0.25, 0.3) is 10.2 Å². The predicted octanol–water partition coefficient (Wildman–Crippen LogP) is 5.17. The Hall–Kier alpha value is -1.50. The van der Waals surface area contributed by atoms with Crippen molar-refractivity contribution < 1.29 is 20.1 Å². The summed E-state index contributed by atoms with van der Waals surface area (Å²) in [6, 6.07) is 8.03. The molecule has 3 N–H and O–H groups in total. The Balaban J connectivity index is 0.000000409. The zero-order valence-electron chi connectivity index (χ0n) is 16.9. The maximum Gasteiger partial charge on any atom is 0.303 e.